The second kappa shape index (κ2) is 6.21. The molecule has 3 rings (SSSR count). The zero-order chi connectivity index (χ0) is 14.7. The maximum Gasteiger partial charge on any atom is 0.0401 e. The Bertz CT molecular complexity index is 619. The van der Waals surface area contributed by atoms with Crippen LogP contribution in [0.25, 0.3) is 0 Å². The van der Waals surface area contributed by atoms with Crippen molar-refractivity contribution >= 4 is 11.4 Å². The number of nitrogens with zero attached hydrogens (tertiary/aromatic N) is 1. The van der Waals surface area contributed by atoms with Crippen molar-refractivity contribution < 1.29 is 0 Å². The summed E-state index contributed by atoms with van der Waals surface area (Å²) < 4.78 is 0. The molecule has 2 heteroatoms. The molecule has 2 nitrogen and oxygen atoms in total. The van der Waals surface area contributed by atoms with Gasteiger partial charge < -0.3 is 10.2 Å². The van der Waals surface area contributed by atoms with E-state index in [4.69, 9.17) is 0 Å². The van der Waals surface area contributed by atoms with Gasteiger partial charge in [-0.1, -0.05) is 43.7 Å². The summed E-state index contributed by atoms with van der Waals surface area (Å²) in [6.07, 6.45) is 3.49. The second-order valence-corrected chi connectivity index (χ2v) is 5.90. The monoisotopic (exact) mass is 280 g/mol. The highest BCUT2D eigenvalue weighted by Crippen LogP contribution is 2.27. The molecule has 0 saturated carbocycles. The first kappa shape index (κ1) is 14.0. The summed E-state index contributed by atoms with van der Waals surface area (Å²) in [6, 6.07) is 15.5. The van der Waals surface area contributed by atoms with Crippen LogP contribution in [0.4, 0.5) is 11.4 Å². The van der Waals surface area contributed by atoms with E-state index in [9.17, 15) is 0 Å². The molecular weight excluding hydrogens is 256 g/mol. The van der Waals surface area contributed by atoms with Crippen molar-refractivity contribution in [3.63, 3.8) is 0 Å². The predicted octanol–water partition coefficient (Wildman–Crippen LogP) is 4.24. The molecule has 0 unspecified atom stereocenters. The first-order chi connectivity index (χ1) is 10.3. The van der Waals surface area contributed by atoms with E-state index >= 15 is 0 Å². The first-order valence-corrected chi connectivity index (χ1v) is 7.92. The minimum absolute atomic E-state index is 0.901. The molecule has 0 spiro atoms. The summed E-state index contributed by atoms with van der Waals surface area (Å²) in [4.78, 5) is 2.34. The van der Waals surface area contributed by atoms with Crippen molar-refractivity contribution in [1.29, 1.82) is 0 Å². The summed E-state index contributed by atoms with van der Waals surface area (Å²) in [5, 5.41) is 3.60. The van der Waals surface area contributed by atoms with E-state index in [0.29, 0.717) is 0 Å². The summed E-state index contributed by atoms with van der Waals surface area (Å²) in [6.45, 7) is 4.27. The second-order valence-electron chi connectivity index (χ2n) is 5.90. The lowest BCUT2D eigenvalue weighted by atomic mass is 10.1. The van der Waals surface area contributed by atoms with Gasteiger partial charge in [0.05, 0.1) is 0 Å². The Balaban J connectivity index is 1.71. The van der Waals surface area contributed by atoms with Crippen molar-refractivity contribution in [3.05, 3.63) is 59.2 Å². The number of nitrogens with one attached hydrogen (secondary N) is 1. The molecule has 1 aliphatic heterocycles. The molecule has 21 heavy (non-hydrogen) atoms. The number of fused-ring (bicyclic) bond motifs is 1. The smallest absolute Gasteiger partial charge is 0.0401 e. The van der Waals surface area contributed by atoms with Crippen LogP contribution < -0.4 is 10.2 Å². The number of likely N-dealkylation sites (N-methyl/N-ethyl adjacent to an activating group) is 1. The fourth-order valence-corrected chi connectivity index (χ4v) is 3.11. The van der Waals surface area contributed by atoms with Crippen LogP contribution in [0, 0.1) is 0 Å². The average Bonchev–Trinajstić information content (AvgIpc) is 2.88. The first-order valence-electron chi connectivity index (χ1n) is 7.92. The van der Waals surface area contributed by atoms with Crippen LogP contribution >= 0.6 is 0 Å². The van der Waals surface area contributed by atoms with Crippen LogP contribution in [0.15, 0.2) is 42.5 Å². The Hall–Kier alpha value is -1.96. The Morgan fingerprint density at radius 1 is 1.14 bits per heavy atom. The fourth-order valence-electron chi connectivity index (χ4n) is 3.11. The predicted molar refractivity (Wildman–Crippen MR) is 91.2 cm³/mol. The van der Waals surface area contributed by atoms with E-state index in [1.807, 2.05) is 0 Å². The summed E-state index contributed by atoms with van der Waals surface area (Å²) in [5.41, 5.74) is 6.94. The van der Waals surface area contributed by atoms with Crippen LogP contribution in [-0.2, 0) is 19.4 Å². The highest BCUT2D eigenvalue weighted by Gasteiger charge is 2.15. The van der Waals surface area contributed by atoms with Crippen molar-refractivity contribution in [3.8, 4) is 0 Å². The normalized spacial score (nSPS) is 13.3. The van der Waals surface area contributed by atoms with E-state index < -0.39 is 0 Å². The summed E-state index contributed by atoms with van der Waals surface area (Å²) in [5.74, 6) is 0. The van der Waals surface area contributed by atoms with E-state index in [0.717, 1.165) is 19.5 Å². The standard InChI is InChI=1S/C19H24N2/c1-3-6-16-7-4-5-8-18(16)20-14-15-9-10-19-17(13-15)11-12-21(19)2/h4-5,7-10,13,20H,3,6,11-12,14H2,1-2H3. The van der Waals surface area contributed by atoms with Gasteiger partial charge >= 0.3 is 0 Å². The van der Waals surface area contributed by atoms with Gasteiger partial charge in [-0.15, -0.1) is 0 Å². The summed E-state index contributed by atoms with van der Waals surface area (Å²) >= 11 is 0. The highest BCUT2D eigenvalue weighted by molar-refractivity contribution is 5.59. The molecule has 2 aromatic rings. The zero-order valence-electron chi connectivity index (χ0n) is 13.0. The molecular formula is C19H24N2. The largest absolute Gasteiger partial charge is 0.381 e. The van der Waals surface area contributed by atoms with Gasteiger partial charge in [0, 0.05) is 31.5 Å². The molecule has 1 N–H and O–H groups in total. The maximum atomic E-state index is 3.60. The molecule has 0 atom stereocenters. The van der Waals surface area contributed by atoms with E-state index in [1.165, 1.54) is 40.9 Å². The fraction of sp³-hybridized carbons (Fsp3) is 0.368. The van der Waals surface area contributed by atoms with Gasteiger partial charge in [0.15, 0.2) is 0 Å². The summed E-state index contributed by atoms with van der Waals surface area (Å²) in [7, 11) is 2.17. The maximum absolute atomic E-state index is 3.60. The van der Waals surface area contributed by atoms with Crippen molar-refractivity contribution in [1.82, 2.24) is 0 Å². The molecule has 2 aromatic carbocycles. The number of benzene rings is 2. The molecule has 0 bridgehead atoms. The van der Waals surface area contributed by atoms with Gasteiger partial charge in [0.2, 0.25) is 0 Å². The number of rotatable bonds is 5. The van der Waals surface area contributed by atoms with Gasteiger partial charge in [0.1, 0.15) is 0 Å². The highest BCUT2D eigenvalue weighted by atomic mass is 15.1. The zero-order valence-corrected chi connectivity index (χ0v) is 13.0. The molecule has 0 fully saturated rings. The van der Waals surface area contributed by atoms with E-state index in [-0.39, 0.29) is 0 Å². The Morgan fingerprint density at radius 2 is 2.00 bits per heavy atom. The third-order valence-electron chi connectivity index (χ3n) is 4.29. The molecule has 0 aromatic heterocycles. The number of aryl methyl sites for hydroxylation is 1. The minimum Gasteiger partial charge on any atom is -0.381 e. The molecule has 0 saturated heterocycles. The molecule has 0 amide bonds. The van der Waals surface area contributed by atoms with Crippen molar-refractivity contribution in [2.45, 2.75) is 32.7 Å². The number of para-hydroxylation sites is 1. The minimum atomic E-state index is 0.901. The van der Waals surface area contributed by atoms with E-state index in [2.05, 4.69) is 66.7 Å². The van der Waals surface area contributed by atoms with Crippen molar-refractivity contribution in [2.75, 3.05) is 23.8 Å². The third kappa shape index (κ3) is 3.05. The lowest BCUT2D eigenvalue weighted by Crippen LogP contribution is -2.12. The Morgan fingerprint density at radius 3 is 2.86 bits per heavy atom. The Kier molecular flexibility index (Phi) is 4.14. The average molecular weight is 280 g/mol. The van der Waals surface area contributed by atoms with Crippen molar-refractivity contribution in [2.24, 2.45) is 0 Å². The van der Waals surface area contributed by atoms with Gasteiger partial charge in [-0.05, 0) is 41.7 Å². The van der Waals surface area contributed by atoms with Gasteiger partial charge in [-0.25, -0.2) is 0 Å². The topological polar surface area (TPSA) is 15.3 Å². The van der Waals surface area contributed by atoms with Gasteiger partial charge in [-0.3, -0.25) is 0 Å². The van der Waals surface area contributed by atoms with Gasteiger partial charge in [0.25, 0.3) is 0 Å². The SMILES string of the molecule is CCCc1ccccc1NCc1ccc2c(c1)CCN2C. The molecule has 0 radical (unpaired) electrons. The molecule has 1 heterocycles. The lowest BCUT2D eigenvalue weighted by Gasteiger charge is -2.14. The number of hydrogen-bond acceptors (Lipinski definition) is 2. The number of anilines is 2. The van der Waals surface area contributed by atoms with E-state index in [1.54, 1.807) is 0 Å². The molecule has 0 aliphatic carbocycles. The van der Waals surface area contributed by atoms with Crippen LogP contribution in [-0.4, -0.2) is 13.6 Å². The van der Waals surface area contributed by atoms with Crippen LogP contribution in [0.1, 0.15) is 30.0 Å². The third-order valence-corrected chi connectivity index (χ3v) is 4.29. The Labute approximate surface area is 127 Å². The van der Waals surface area contributed by atoms with Gasteiger partial charge in [-0.2, -0.15) is 0 Å². The number of hydrogen-bond donors (Lipinski definition) is 1. The molecule has 1 aliphatic rings. The quantitative estimate of drug-likeness (QED) is 0.881. The van der Waals surface area contributed by atoms with Crippen LogP contribution in [0.2, 0.25) is 0 Å². The van der Waals surface area contributed by atoms with Crippen LogP contribution in [0.3, 0.4) is 0 Å². The van der Waals surface area contributed by atoms with Crippen LogP contribution in [0.5, 0.6) is 0 Å². The molecule has 110 valence electrons. The lowest BCUT2D eigenvalue weighted by molar-refractivity contribution is 0.919.